The van der Waals surface area contributed by atoms with Crippen LogP contribution in [0.2, 0.25) is 0 Å². The van der Waals surface area contributed by atoms with Crippen molar-refractivity contribution in [2.45, 2.75) is 38.8 Å². The molecule has 0 aliphatic heterocycles. The molecule has 0 unspecified atom stereocenters. The molecule has 2 amide bonds. The van der Waals surface area contributed by atoms with Gasteiger partial charge in [0.25, 0.3) is 0 Å². The zero-order valence-electron chi connectivity index (χ0n) is 15.6. The molecule has 1 saturated carbocycles. The van der Waals surface area contributed by atoms with Gasteiger partial charge in [0.15, 0.2) is 0 Å². The van der Waals surface area contributed by atoms with Crippen molar-refractivity contribution in [2.75, 3.05) is 10.6 Å². The fourth-order valence-corrected chi connectivity index (χ4v) is 2.97. The minimum Gasteiger partial charge on any atom is -0.325 e. The van der Waals surface area contributed by atoms with E-state index >= 15 is 0 Å². The Balaban J connectivity index is 1.73. The SMILES string of the molecule is CC(C)c1ccc(NC(=O)C2(C(=O)Nc3ccccc3C(F)(F)F)CC2)cc1. The molecule has 1 fully saturated rings. The molecule has 4 nitrogen and oxygen atoms in total. The van der Waals surface area contributed by atoms with Crippen molar-refractivity contribution in [2.24, 2.45) is 5.41 Å². The fraction of sp³-hybridized carbons (Fsp3) is 0.333. The molecule has 0 aromatic heterocycles. The van der Waals surface area contributed by atoms with Crippen molar-refractivity contribution in [3.63, 3.8) is 0 Å². The number of carbonyl (C=O) groups excluding carboxylic acids is 2. The molecular weight excluding hydrogens is 369 g/mol. The Morgan fingerprint density at radius 1 is 0.929 bits per heavy atom. The van der Waals surface area contributed by atoms with Gasteiger partial charge in [0.1, 0.15) is 5.41 Å². The molecule has 0 spiro atoms. The number of amides is 2. The first kappa shape index (κ1) is 19.9. The Hall–Kier alpha value is -2.83. The highest BCUT2D eigenvalue weighted by atomic mass is 19.4. The smallest absolute Gasteiger partial charge is 0.325 e. The van der Waals surface area contributed by atoms with Gasteiger partial charge in [0, 0.05) is 5.69 Å². The van der Waals surface area contributed by atoms with Crippen molar-refractivity contribution in [1.29, 1.82) is 0 Å². The average Bonchev–Trinajstić information content (AvgIpc) is 3.44. The number of hydrogen-bond donors (Lipinski definition) is 2. The Kier molecular flexibility index (Phi) is 5.19. The summed E-state index contributed by atoms with van der Waals surface area (Å²) in [6.45, 7) is 4.10. The monoisotopic (exact) mass is 390 g/mol. The van der Waals surface area contributed by atoms with Crippen molar-refractivity contribution < 1.29 is 22.8 Å². The van der Waals surface area contributed by atoms with Gasteiger partial charge in [0.05, 0.1) is 11.3 Å². The van der Waals surface area contributed by atoms with Crippen LogP contribution in [0.1, 0.15) is 43.7 Å². The highest BCUT2D eigenvalue weighted by Crippen LogP contribution is 2.48. The van der Waals surface area contributed by atoms with Gasteiger partial charge < -0.3 is 10.6 Å². The first-order valence-electron chi connectivity index (χ1n) is 9.02. The van der Waals surface area contributed by atoms with E-state index < -0.39 is 29.0 Å². The molecule has 0 atom stereocenters. The van der Waals surface area contributed by atoms with E-state index in [2.05, 4.69) is 24.5 Å². The lowest BCUT2D eigenvalue weighted by molar-refractivity contribution is -0.137. The van der Waals surface area contributed by atoms with Crippen LogP contribution in [-0.2, 0) is 15.8 Å². The molecule has 0 saturated heterocycles. The molecule has 1 aliphatic carbocycles. The van der Waals surface area contributed by atoms with Gasteiger partial charge in [-0.05, 0) is 48.6 Å². The van der Waals surface area contributed by atoms with E-state index in [4.69, 9.17) is 0 Å². The van der Waals surface area contributed by atoms with Crippen molar-refractivity contribution in [3.8, 4) is 0 Å². The third kappa shape index (κ3) is 4.03. The number of hydrogen-bond acceptors (Lipinski definition) is 2. The number of alkyl halides is 3. The molecule has 28 heavy (non-hydrogen) atoms. The average molecular weight is 390 g/mol. The Bertz CT molecular complexity index is 885. The molecular formula is C21H21F3N2O2. The van der Waals surface area contributed by atoms with Crippen molar-refractivity contribution >= 4 is 23.2 Å². The number of benzene rings is 2. The summed E-state index contributed by atoms with van der Waals surface area (Å²) in [5, 5.41) is 4.99. The first-order valence-corrected chi connectivity index (χ1v) is 9.02. The minimum absolute atomic E-state index is 0.295. The normalized spacial score (nSPS) is 15.2. The van der Waals surface area contributed by atoms with Gasteiger partial charge in [-0.25, -0.2) is 0 Å². The van der Waals surface area contributed by atoms with Crippen LogP contribution >= 0.6 is 0 Å². The molecule has 0 bridgehead atoms. The quantitative estimate of drug-likeness (QED) is 0.691. The first-order chi connectivity index (χ1) is 13.1. The zero-order chi connectivity index (χ0) is 20.5. The van der Waals surface area contributed by atoms with Crippen molar-refractivity contribution in [3.05, 3.63) is 59.7 Å². The maximum Gasteiger partial charge on any atom is 0.418 e. The van der Waals surface area contributed by atoms with E-state index in [-0.39, 0.29) is 5.69 Å². The molecule has 1 aliphatic rings. The van der Waals surface area contributed by atoms with Crippen LogP contribution in [0.5, 0.6) is 0 Å². The maximum absolute atomic E-state index is 13.1. The number of carbonyl (C=O) groups is 2. The largest absolute Gasteiger partial charge is 0.418 e. The van der Waals surface area contributed by atoms with Gasteiger partial charge >= 0.3 is 6.18 Å². The van der Waals surface area contributed by atoms with Crippen molar-refractivity contribution in [1.82, 2.24) is 0 Å². The van der Waals surface area contributed by atoms with E-state index in [9.17, 15) is 22.8 Å². The van der Waals surface area contributed by atoms with E-state index in [1.54, 1.807) is 12.1 Å². The lowest BCUT2D eigenvalue weighted by Gasteiger charge is -2.18. The Morgan fingerprint density at radius 3 is 2.04 bits per heavy atom. The van der Waals surface area contributed by atoms with Crippen LogP contribution in [-0.4, -0.2) is 11.8 Å². The molecule has 148 valence electrons. The topological polar surface area (TPSA) is 58.2 Å². The predicted octanol–water partition coefficient (Wildman–Crippen LogP) is 5.19. The summed E-state index contributed by atoms with van der Waals surface area (Å²) in [5.41, 5.74) is -0.968. The Morgan fingerprint density at radius 2 is 1.50 bits per heavy atom. The minimum atomic E-state index is -4.60. The fourth-order valence-electron chi connectivity index (χ4n) is 2.97. The number of nitrogens with one attached hydrogen (secondary N) is 2. The zero-order valence-corrected chi connectivity index (χ0v) is 15.6. The van der Waals surface area contributed by atoms with Gasteiger partial charge in [-0.15, -0.1) is 0 Å². The second-order valence-electron chi connectivity index (χ2n) is 7.31. The third-order valence-corrected chi connectivity index (χ3v) is 4.94. The van der Waals surface area contributed by atoms with Gasteiger partial charge in [-0.3, -0.25) is 9.59 Å². The summed E-state index contributed by atoms with van der Waals surface area (Å²) in [4.78, 5) is 25.2. The third-order valence-electron chi connectivity index (χ3n) is 4.94. The molecule has 2 aromatic rings. The van der Waals surface area contributed by atoms with E-state index in [0.717, 1.165) is 11.6 Å². The summed E-state index contributed by atoms with van der Waals surface area (Å²) in [7, 11) is 0. The molecule has 2 N–H and O–H groups in total. The van der Waals surface area contributed by atoms with Crippen LogP contribution in [0.15, 0.2) is 48.5 Å². The second kappa shape index (κ2) is 7.30. The Labute approximate surface area is 161 Å². The van der Waals surface area contributed by atoms with Crippen LogP contribution in [0, 0.1) is 5.41 Å². The number of anilines is 2. The summed E-state index contributed by atoms with van der Waals surface area (Å²) in [6.07, 6.45) is -4.01. The standard InChI is InChI=1S/C21H21F3N2O2/c1-13(2)14-7-9-15(10-8-14)25-18(27)20(11-12-20)19(28)26-17-6-4-3-5-16(17)21(22,23)24/h3-10,13H,11-12H2,1-2H3,(H,25,27)(H,26,28). The van der Waals surface area contributed by atoms with Crippen LogP contribution < -0.4 is 10.6 Å². The van der Waals surface area contributed by atoms with E-state index in [0.29, 0.717) is 24.4 Å². The summed E-state index contributed by atoms with van der Waals surface area (Å²) >= 11 is 0. The predicted molar refractivity (Wildman–Crippen MR) is 101 cm³/mol. The van der Waals surface area contributed by atoms with E-state index in [1.807, 2.05) is 12.1 Å². The maximum atomic E-state index is 13.1. The molecule has 2 aromatic carbocycles. The highest BCUT2D eigenvalue weighted by Gasteiger charge is 2.56. The van der Waals surface area contributed by atoms with Crippen LogP contribution in [0.3, 0.4) is 0 Å². The summed E-state index contributed by atoms with van der Waals surface area (Å²) in [6, 6.07) is 12.0. The second-order valence-corrected chi connectivity index (χ2v) is 7.31. The summed E-state index contributed by atoms with van der Waals surface area (Å²) in [5.74, 6) is -0.883. The lowest BCUT2D eigenvalue weighted by Crippen LogP contribution is -2.36. The van der Waals surface area contributed by atoms with E-state index in [1.165, 1.54) is 18.2 Å². The molecule has 7 heteroatoms. The molecule has 0 radical (unpaired) electrons. The number of halogens is 3. The van der Waals surface area contributed by atoms with Crippen LogP contribution in [0.25, 0.3) is 0 Å². The lowest BCUT2D eigenvalue weighted by atomic mass is 10.0. The highest BCUT2D eigenvalue weighted by molar-refractivity contribution is 6.17. The van der Waals surface area contributed by atoms with Gasteiger partial charge in [-0.2, -0.15) is 13.2 Å². The number of rotatable bonds is 5. The number of para-hydroxylation sites is 1. The van der Waals surface area contributed by atoms with Crippen LogP contribution in [0.4, 0.5) is 24.5 Å². The summed E-state index contributed by atoms with van der Waals surface area (Å²) < 4.78 is 39.3. The van der Waals surface area contributed by atoms with Gasteiger partial charge in [0.2, 0.25) is 11.8 Å². The molecule has 0 heterocycles. The van der Waals surface area contributed by atoms with Gasteiger partial charge in [-0.1, -0.05) is 38.1 Å². The molecule has 3 rings (SSSR count).